The minimum Gasteiger partial charge on any atom is -0.234 e. The molecule has 60 valence electrons. The van der Waals surface area contributed by atoms with Gasteiger partial charge in [0.05, 0.1) is 5.69 Å². The molecule has 0 amide bonds. The lowest BCUT2D eigenvalue weighted by molar-refractivity contribution is 0.614. The van der Waals surface area contributed by atoms with Gasteiger partial charge in [-0.05, 0) is 24.6 Å². The minimum absolute atomic E-state index is 0.185. The van der Waals surface area contributed by atoms with Crippen molar-refractivity contribution in [3.8, 4) is 6.07 Å². The summed E-state index contributed by atoms with van der Waals surface area (Å²) in [6.07, 6.45) is 1.50. The number of hydrogen-bond acceptors (Lipinski definition) is 2. The molecule has 0 radical (unpaired) electrons. The number of aromatic nitrogens is 1. The molecule has 12 heavy (non-hydrogen) atoms. The van der Waals surface area contributed by atoms with Crippen molar-refractivity contribution < 1.29 is 4.39 Å². The van der Waals surface area contributed by atoms with Crippen molar-refractivity contribution >= 4 is 6.08 Å². The number of nitrogens with zero attached hydrogens (tertiary/aromatic N) is 2. The van der Waals surface area contributed by atoms with Crippen LogP contribution in [0.5, 0.6) is 0 Å². The molecule has 0 saturated carbocycles. The molecule has 1 heterocycles. The number of halogens is 1. The van der Waals surface area contributed by atoms with Crippen LogP contribution in [0.2, 0.25) is 0 Å². The molecule has 0 saturated heterocycles. The molecule has 0 unspecified atom stereocenters. The molecular weight excluding hydrogens is 155 g/mol. The van der Waals surface area contributed by atoms with Crippen molar-refractivity contribution in [1.82, 2.24) is 4.98 Å². The van der Waals surface area contributed by atoms with E-state index in [9.17, 15) is 4.39 Å². The van der Waals surface area contributed by atoms with Crippen molar-refractivity contribution in [2.45, 2.75) is 6.92 Å². The third kappa shape index (κ3) is 1.32. The number of pyridine rings is 1. The summed E-state index contributed by atoms with van der Waals surface area (Å²) in [5.74, 6) is -0.583. The van der Waals surface area contributed by atoms with Gasteiger partial charge in [0.1, 0.15) is 6.07 Å². The van der Waals surface area contributed by atoms with E-state index < -0.39 is 5.82 Å². The lowest BCUT2D eigenvalue weighted by Crippen LogP contribution is -1.94. The van der Waals surface area contributed by atoms with Gasteiger partial charge >= 0.3 is 0 Å². The number of hydrogen-bond donors (Lipinski definition) is 0. The number of nitriles is 1. The first-order valence-corrected chi connectivity index (χ1v) is 3.38. The number of aryl methyl sites for hydroxylation is 1. The molecule has 0 atom stereocenters. The lowest BCUT2D eigenvalue weighted by atomic mass is 10.2. The van der Waals surface area contributed by atoms with E-state index in [1.807, 2.05) is 0 Å². The van der Waals surface area contributed by atoms with Gasteiger partial charge in [-0.3, -0.25) is 0 Å². The highest BCUT2D eigenvalue weighted by Crippen LogP contribution is 2.11. The molecular formula is C9H7FN2. The van der Waals surface area contributed by atoms with Crippen molar-refractivity contribution in [3.05, 3.63) is 35.4 Å². The topological polar surface area (TPSA) is 36.7 Å². The Bertz CT molecular complexity index is 364. The van der Waals surface area contributed by atoms with Crippen molar-refractivity contribution in [1.29, 1.82) is 5.26 Å². The third-order valence-corrected chi connectivity index (χ3v) is 1.50. The molecule has 1 rings (SSSR count). The first-order valence-electron chi connectivity index (χ1n) is 3.38. The standard InChI is InChI=1S/C9H7FN2/c1-3-8-6(2)4-7(10)9(5-11)12-8/h3-4H,1H2,2H3. The lowest BCUT2D eigenvalue weighted by Gasteiger charge is -1.99. The summed E-state index contributed by atoms with van der Waals surface area (Å²) in [6.45, 7) is 5.22. The average Bonchev–Trinajstić information content (AvgIpc) is 2.05. The van der Waals surface area contributed by atoms with E-state index in [2.05, 4.69) is 11.6 Å². The highest BCUT2D eigenvalue weighted by molar-refractivity contribution is 5.48. The summed E-state index contributed by atoms with van der Waals surface area (Å²) in [5.41, 5.74) is 1.05. The zero-order valence-electron chi connectivity index (χ0n) is 6.63. The minimum atomic E-state index is -0.583. The van der Waals surface area contributed by atoms with Crippen LogP contribution < -0.4 is 0 Å². The highest BCUT2D eigenvalue weighted by Gasteiger charge is 2.05. The van der Waals surface area contributed by atoms with Gasteiger partial charge in [-0.15, -0.1) is 0 Å². The van der Waals surface area contributed by atoms with Crippen LogP contribution >= 0.6 is 0 Å². The van der Waals surface area contributed by atoms with Crippen LogP contribution in [-0.4, -0.2) is 4.98 Å². The second-order valence-electron chi connectivity index (χ2n) is 2.34. The quantitative estimate of drug-likeness (QED) is 0.633. The van der Waals surface area contributed by atoms with E-state index >= 15 is 0 Å². The Balaban J connectivity index is 3.39. The Labute approximate surface area is 70.0 Å². The van der Waals surface area contributed by atoms with Crippen LogP contribution in [0.4, 0.5) is 4.39 Å². The summed E-state index contributed by atoms with van der Waals surface area (Å²) in [4.78, 5) is 3.75. The zero-order valence-corrected chi connectivity index (χ0v) is 6.63. The van der Waals surface area contributed by atoms with Gasteiger partial charge in [-0.2, -0.15) is 5.26 Å². The molecule has 0 aromatic carbocycles. The molecule has 1 aromatic heterocycles. The maximum atomic E-state index is 12.8. The largest absolute Gasteiger partial charge is 0.234 e. The first kappa shape index (κ1) is 8.41. The fraction of sp³-hybridized carbons (Fsp3) is 0.111. The first-order chi connectivity index (χ1) is 5.69. The Morgan fingerprint density at radius 2 is 2.42 bits per heavy atom. The van der Waals surface area contributed by atoms with Gasteiger partial charge < -0.3 is 0 Å². The van der Waals surface area contributed by atoms with Crippen LogP contribution in [0.25, 0.3) is 6.08 Å². The van der Waals surface area contributed by atoms with E-state index in [0.717, 1.165) is 0 Å². The van der Waals surface area contributed by atoms with Crippen molar-refractivity contribution in [2.75, 3.05) is 0 Å². The van der Waals surface area contributed by atoms with Crippen LogP contribution in [0, 0.1) is 24.1 Å². The molecule has 0 aliphatic heterocycles. The molecule has 0 aliphatic carbocycles. The van der Waals surface area contributed by atoms with Crippen LogP contribution in [0.1, 0.15) is 17.0 Å². The monoisotopic (exact) mass is 162 g/mol. The predicted octanol–water partition coefficient (Wildman–Crippen LogP) is 2.04. The van der Waals surface area contributed by atoms with Crippen LogP contribution in [-0.2, 0) is 0 Å². The fourth-order valence-electron chi connectivity index (χ4n) is 0.879. The Hall–Kier alpha value is -1.69. The molecule has 0 spiro atoms. The average molecular weight is 162 g/mol. The number of rotatable bonds is 1. The van der Waals surface area contributed by atoms with Gasteiger partial charge in [0.25, 0.3) is 0 Å². The summed E-state index contributed by atoms with van der Waals surface area (Å²) in [5, 5.41) is 8.44. The molecule has 0 bridgehead atoms. The van der Waals surface area contributed by atoms with E-state index in [0.29, 0.717) is 11.3 Å². The van der Waals surface area contributed by atoms with Gasteiger partial charge in [0.15, 0.2) is 11.5 Å². The van der Waals surface area contributed by atoms with Crippen LogP contribution in [0.15, 0.2) is 12.6 Å². The van der Waals surface area contributed by atoms with Crippen molar-refractivity contribution in [3.63, 3.8) is 0 Å². The summed E-state index contributed by atoms with van der Waals surface area (Å²) < 4.78 is 12.8. The Kier molecular flexibility index (Phi) is 2.20. The molecule has 3 heteroatoms. The second-order valence-corrected chi connectivity index (χ2v) is 2.34. The van der Waals surface area contributed by atoms with Gasteiger partial charge in [0, 0.05) is 0 Å². The van der Waals surface area contributed by atoms with E-state index in [4.69, 9.17) is 5.26 Å². The SMILES string of the molecule is C=Cc1nc(C#N)c(F)cc1C. The van der Waals surface area contributed by atoms with E-state index in [1.54, 1.807) is 13.0 Å². The normalized spacial score (nSPS) is 9.08. The molecule has 1 aromatic rings. The molecule has 0 fully saturated rings. The highest BCUT2D eigenvalue weighted by atomic mass is 19.1. The van der Waals surface area contributed by atoms with Gasteiger partial charge in [0.2, 0.25) is 0 Å². The zero-order chi connectivity index (χ0) is 9.14. The Morgan fingerprint density at radius 1 is 1.75 bits per heavy atom. The van der Waals surface area contributed by atoms with Crippen molar-refractivity contribution in [2.24, 2.45) is 0 Å². The maximum absolute atomic E-state index is 12.8. The predicted molar refractivity (Wildman–Crippen MR) is 43.7 cm³/mol. The van der Waals surface area contributed by atoms with Gasteiger partial charge in [-0.25, -0.2) is 9.37 Å². The molecule has 0 N–H and O–H groups in total. The van der Waals surface area contributed by atoms with E-state index in [1.165, 1.54) is 12.1 Å². The Morgan fingerprint density at radius 3 is 2.92 bits per heavy atom. The fourth-order valence-corrected chi connectivity index (χ4v) is 0.879. The van der Waals surface area contributed by atoms with Crippen LogP contribution in [0.3, 0.4) is 0 Å². The molecule has 0 aliphatic rings. The van der Waals surface area contributed by atoms with E-state index in [-0.39, 0.29) is 5.69 Å². The summed E-state index contributed by atoms with van der Waals surface area (Å²) >= 11 is 0. The molecule has 2 nitrogen and oxygen atoms in total. The van der Waals surface area contributed by atoms with Gasteiger partial charge in [-0.1, -0.05) is 6.58 Å². The maximum Gasteiger partial charge on any atom is 0.176 e. The third-order valence-electron chi connectivity index (χ3n) is 1.50. The second kappa shape index (κ2) is 3.14. The smallest absolute Gasteiger partial charge is 0.176 e. The summed E-state index contributed by atoms with van der Waals surface area (Å²) in [7, 11) is 0. The summed E-state index contributed by atoms with van der Waals surface area (Å²) in [6, 6.07) is 2.94.